The molecule has 0 saturated heterocycles. The van der Waals surface area contributed by atoms with Gasteiger partial charge in [0.2, 0.25) is 0 Å². The number of rotatable bonds is 6. The van der Waals surface area contributed by atoms with E-state index in [1.807, 2.05) is 17.1 Å². The van der Waals surface area contributed by atoms with Gasteiger partial charge in [0.25, 0.3) is 11.8 Å². The summed E-state index contributed by atoms with van der Waals surface area (Å²) in [6.07, 6.45) is 5.35. The van der Waals surface area contributed by atoms with Crippen LogP contribution in [0.3, 0.4) is 0 Å². The van der Waals surface area contributed by atoms with Gasteiger partial charge in [-0.15, -0.1) is 0 Å². The SMILES string of the molecule is CCCn1cnc(Cc2c(Cl)c(Cl)cc3nc(OC)c(OC)nc23)c1. The fourth-order valence-electron chi connectivity index (χ4n) is 2.66. The number of benzene rings is 1. The molecule has 0 amide bonds. The minimum atomic E-state index is 0.297. The van der Waals surface area contributed by atoms with E-state index in [2.05, 4.69) is 21.9 Å². The van der Waals surface area contributed by atoms with Crippen LogP contribution in [0.1, 0.15) is 24.6 Å². The number of aromatic nitrogens is 4. The van der Waals surface area contributed by atoms with Crippen LogP contribution >= 0.6 is 23.2 Å². The van der Waals surface area contributed by atoms with Gasteiger partial charge in [-0.3, -0.25) is 0 Å². The van der Waals surface area contributed by atoms with E-state index in [9.17, 15) is 0 Å². The predicted molar refractivity (Wildman–Crippen MR) is 98.0 cm³/mol. The van der Waals surface area contributed by atoms with Crippen LogP contribution in [0, 0.1) is 0 Å². The number of ether oxygens (including phenoxy) is 2. The van der Waals surface area contributed by atoms with Crippen molar-refractivity contribution in [2.45, 2.75) is 26.3 Å². The molecule has 0 spiro atoms. The fourth-order valence-corrected chi connectivity index (χ4v) is 3.09. The van der Waals surface area contributed by atoms with E-state index in [4.69, 9.17) is 32.7 Å². The van der Waals surface area contributed by atoms with E-state index in [0.717, 1.165) is 24.2 Å². The van der Waals surface area contributed by atoms with Gasteiger partial charge >= 0.3 is 0 Å². The van der Waals surface area contributed by atoms with Gasteiger partial charge in [-0.1, -0.05) is 30.1 Å². The molecule has 0 fully saturated rings. The molecule has 25 heavy (non-hydrogen) atoms. The Morgan fingerprint density at radius 2 is 1.84 bits per heavy atom. The maximum Gasteiger partial charge on any atom is 0.278 e. The van der Waals surface area contributed by atoms with Crippen LogP contribution in [0.5, 0.6) is 11.8 Å². The molecule has 2 heterocycles. The molecule has 8 heteroatoms. The van der Waals surface area contributed by atoms with Crippen molar-refractivity contribution in [2.24, 2.45) is 0 Å². The van der Waals surface area contributed by atoms with Crippen molar-refractivity contribution in [1.82, 2.24) is 19.5 Å². The topological polar surface area (TPSA) is 62.1 Å². The lowest BCUT2D eigenvalue weighted by atomic mass is 10.1. The third-order valence-corrected chi connectivity index (χ3v) is 4.62. The summed E-state index contributed by atoms with van der Waals surface area (Å²) < 4.78 is 12.5. The first-order chi connectivity index (χ1) is 12.1. The normalized spacial score (nSPS) is 11.1. The number of fused-ring (bicyclic) bond motifs is 1. The Morgan fingerprint density at radius 1 is 1.12 bits per heavy atom. The summed E-state index contributed by atoms with van der Waals surface area (Å²) in [5.74, 6) is 0.595. The van der Waals surface area contributed by atoms with E-state index >= 15 is 0 Å². The molecule has 0 bridgehead atoms. The highest BCUT2D eigenvalue weighted by atomic mass is 35.5. The third-order valence-electron chi connectivity index (χ3n) is 3.80. The Hall–Kier alpha value is -2.05. The van der Waals surface area contributed by atoms with Gasteiger partial charge in [0.15, 0.2) is 0 Å². The molecular weight excluding hydrogens is 363 g/mol. The molecule has 3 rings (SSSR count). The number of imidazole rings is 1. The van der Waals surface area contributed by atoms with Crippen molar-refractivity contribution < 1.29 is 9.47 Å². The number of methoxy groups -OCH3 is 2. The Balaban J connectivity index is 2.12. The number of hydrogen-bond donors (Lipinski definition) is 0. The molecule has 0 N–H and O–H groups in total. The van der Waals surface area contributed by atoms with E-state index < -0.39 is 0 Å². The molecule has 0 atom stereocenters. The van der Waals surface area contributed by atoms with Gasteiger partial charge in [0.1, 0.15) is 0 Å². The first-order valence-corrected chi connectivity index (χ1v) is 8.60. The van der Waals surface area contributed by atoms with Gasteiger partial charge in [-0.05, 0) is 12.5 Å². The van der Waals surface area contributed by atoms with E-state index in [1.165, 1.54) is 14.2 Å². The highest BCUT2D eigenvalue weighted by Gasteiger charge is 2.18. The summed E-state index contributed by atoms with van der Waals surface area (Å²) in [7, 11) is 3.03. The maximum atomic E-state index is 6.45. The lowest BCUT2D eigenvalue weighted by molar-refractivity contribution is 0.334. The summed E-state index contributed by atoms with van der Waals surface area (Å²) in [5, 5.41) is 0.861. The van der Waals surface area contributed by atoms with Crippen molar-refractivity contribution in [3.8, 4) is 11.8 Å². The standard InChI is InChI=1S/C17H18Cl2N4O2/c1-4-5-23-8-10(20-9-23)6-11-14(19)12(18)7-13-15(11)22-17(25-3)16(21-13)24-2/h7-9H,4-6H2,1-3H3. The van der Waals surface area contributed by atoms with E-state index in [1.54, 1.807) is 6.07 Å². The molecule has 0 aliphatic rings. The first-order valence-electron chi connectivity index (χ1n) is 7.84. The van der Waals surface area contributed by atoms with Crippen molar-refractivity contribution in [1.29, 1.82) is 0 Å². The lowest BCUT2D eigenvalue weighted by Gasteiger charge is -2.12. The van der Waals surface area contributed by atoms with Crippen molar-refractivity contribution >= 4 is 34.2 Å². The smallest absolute Gasteiger partial charge is 0.278 e. The quantitative estimate of drug-likeness (QED) is 0.642. The summed E-state index contributed by atoms with van der Waals surface area (Å²) in [6, 6.07) is 1.67. The minimum Gasteiger partial charge on any atom is -0.477 e. The molecule has 6 nitrogen and oxygen atoms in total. The molecule has 0 aliphatic heterocycles. The number of aryl methyl sites for hydroxylation is 1. The van der Waals surface area contributed by atoms with Gasteiger partial charge in [-0.2, -0.15) is 0 Å². The van der Waals surface area contributed by atoms with Crippen LogP contribution < -0.4 is 9.47 Å². The molecular formula is C17H18Cl2N4O2. The van der Waals surface area contributed by atoms with Crippen LogP contribution in [-0.4, -0.2) is 33.7 Å². The number of halogens is 2. The minimum absolute atomic E-state index is 0.297. The summed E-state index contributed by atoms with van der Waals surface area (Å²) >= 11 is 12.7. The second kappa shape index (κ2) is 7.45. The van der Waals surface area contributed by atoms with E-state index in [-0.39, 0.29) is 0 Å². The molecule has 1 aromatic carbocycles. The van der Waals surface area contributed by atoms with Gasteiger partial charge in [0.05, 0.1) is 47.3 Å². The molecule has 3 aromatic rings. The second-order valence-corrected chi connectivity index (χ2v) is 6.33. The predicted octanol–water partition coefficient (Wildman–Crippen LogP) is 4.15. The highest BCUT2D eigenvalue weighted by Crippen LogP contribution is 2.35. The van der Waals surface area contributed by atoms with Crippen LogP contribution in [0.15, 0.2) is 18.6 Å². The highest BCUT2D eigenvalue weighted by molar-refractivity contribution is 6.43. The second-order valence-electron chi connectivity index (χ2n) is 5.54. The Morgan fingerprint density at radius 3 is 2.52 bits per heavy atom. The number of hydrogen-bond acceptors (Lipinski definition) is 5. The van der Waals surface area contributed by atoms with Crippen LogP contribution in [0.25, 0.3) is 11.0 Å². The zero-order valence-corrected chi connectivity index (χ0v) is 15.7. The Labute approximate surface area is 155 Å². The Bertz CT molecular complexity index is 911. The van der Waals surface area contributed by atoms with Gasteiger partial charge in [-0.25, -0.2) is 15.0 Å². The molecule has 0 saturated carbocycles. The molecule has 2 aromatic heterocycles. The maximum absolute atomic E-state index is 6.45. The molecule has 0 unspecified atom stereocenters. The summed E-state index contributed by atoms with van der Waals surface area (Å²) in [6.45, 7) is 3.04. The largest absolute Gasteiger partial charge is 0.477 e. The number of nitrogens with zero attached hydrogens (tertiary/aromatic N) is 4. The van der Waals surface area contributed by atoms with Gasteiger partial charge < -0.3 is 14.0 Å². The average molecular weight is 381 g/mol. The lowest BCUT2D eigenvalue weighted by Crippen LogP contribution is -2.01. The average Bonchev–Trinajstić information content (AvgIpc) is 3.05. The molecule has 0 radical (unpaired) electrons. The summed E-state index contributed by atoms with van der Waals surface area (Å²) in [4.78, 5) is 13.4. The Kier molecular flexibility index (Phi) is 5.30. The van der Waals surface area contributed by atoms with E-state index in [0.29, 0.717) is 39.3 Å². The van der Waals surface area contributed by atoms with Crippen molar-refractivity contribution in [3.05, 3.63) is 39.9 Å². The zero-order chi connectivity index (χ0) is 18.0. The zero-order valence-electron chi connectivity index (χ0n) is 14.2. The van der Waals surface area contributed by atoms with Crippen molar-refractivity contribution in [2.75, 3.05) is 14.2 Å². The summed E-state index contributed by atoms with van der Waals surface area (Å²) in [5.41, 5.74) is 2.86. The first kappa shape index (κ1) is 17.8. The third kappa shape index (κ3) is 3.50. The molecule has 0 aliphatic carbocycles. The molecule has 132 valence electrons. The van der Waals surface area contributed by atoms with Crippen LogP contribution in [0.4, 0.5) is 0 Å². The monoisotopic (exact) mass is 380 g/mol. The fraction of sp³-hybridized carbons (Fsp3) is 0.353. The van der Waals surface area contributed by atoms with Crippen LogP contribution in [-0.2, 0) is 13.0 Å². The van der Waals surface area contributed by atoms with Crippen LogP contribution in [0.2, 0.25) is 10.0 Å². The van der Waals surface area contributed by atoms with Crippen molar-refractivity contribution in [3.63, 3.8) is 0 Å². The van der Waals surface area contributed by atoms with Gasteiger partial charge in [0, 0.05) is 24.7 Å².